The molecule has 0 aliphatic rings. The van der Waals surface area contributed by atoms with E-state index in [1.807, 2.05) is 6.07 Å². The summed E-state index contributed by atoms with van der Waals surface area (Å²) in [4.78, 5) is 39.2. The Morgan fingerprint density at radius 1 is 1.15 bits per heavy atom. The van der Waals surface area contributed by atoms with Crippen LogP contribution >= 0.6 is 0 Å². The van der Waals surface area contributed by atoms with Crippen molar-refractivity contribution in [3.63, 3.8) is 0 Å². The van der Waals surface area contributed by atoms with Gasteiger partial charge in [-0.3, -0.25) is 4.79 Å². The number of aromatic nitrogens is 1. The quantitative estimate of drug-likeness (QED) is 0.781. The molecular weight excluding hydrogens is 350 g/mol. The van der Waals surface area contributed by atoms with Crippen LogP contribution in [-0.4, -0.2) is 36.0 Å². The molecule has 0 spiro atoms. The van der Waals surface area contributed by atoms with Crippen molar-refractivity contribution in [1.29, 1.82) is 5.26 Å². The highest BCUT2D eigenvalue weighted by Gasteiger charge is 2.26. The number of hydrogen-bond donors (Lipinski definition) is 2. The van der Waals surface area contributed by atoms with Gasteiger partial charge in [-0.1, -0.05) is 0 Å². The fourth-order valence-electron chi connectivity index (χ4n) is 2.51. The fraction of sp³-hybridized carbons (Fsp3) is 0.263. The molecule has 2 N–H and O–H groups in total. The average molecular weight is 369 g/mol. The monoisotopic (exact) mass is 369 g/mol. The van der Waals surface area contributed by atoms with Crippen LogP contribution in [0.1, 0.15) is 44.6 Å². The highest BCUT2D eigenvalue weighted by atomic mass is 16.5. The predicted octanol–water partition coefficient (Wildman–Crippen LogP) is 2.47. The van der Waals surface area contributed by atoms with Crippen molar-refractivity contribution >= 4 is 23.5 Å². The Hall–Kier alpha value is -3.60. The van der Waals surface area contributed by atoms with Gasteiger partial charge in [0.1, 0.15) is 5.69 Å². The van der Waals surface area contributed by atoms with Crippen LogP contribution in [0.3, 0.4) is 0 Å². The topological polar surface area (TPSA) is 121 Å². The molecule has 1 amide bonds. The number of methoxy groups -OCH3 is 1. The third-order valence-electron chi connectivity index (χ3n) is 3.97. The SMILES string of the molecule is COC(=O)c1c(C)[nH]c(C(=O)O[C@@H](C)C(=O)Nc2ccc(C#N)cc2)c1C. The molecule has 0 aliphatic carbocycles. The lowest BCUT2D eigenvalue weighted by molar-refractivity contribution is -0.123. The summed E-state index contributed by atoms with van der Waals surface area (Å²) >= 11 is 0. The van der Waals surface area contributed by atoms with E-state index < -0.39 is 23.9 Å². The molecule has 2 rings (SSSR count). The number of H-pyrrole nitrogens is 1. The molecule has 0 unspecified atom stereocenters. The normalized spacial score (nSPS) is 11.2. The third kappa shape index (κ3) is 4.33. The molecule has 1 aromatic carbocycles. The molecule has 8 nitrogen and oxygen atoms in total. The summed E-state index contributed by atoms with van der Waals surface area (Å²) in [6.07, 6.45) is -1.07. The number of carbonyl (C=O) groups excluding carboxylic acids is 3. The second kappa shape index (κ2) is 8.19. The molecule has 1 atom stereocenters. The Labute approximate surface area is 156 Å². The number of esters is 2. The molecule has 0 saturated carbocycles. The first-order chi connectivity index (χ1) is 12.8. The largest absolute Gasteiger partial charge is 0.465 e. The Morgan fingerprint density at radius 2 is 1.78 bits per heavy atom. The standard InChI is InChI=1S/C19H19N3O5/c1-10-15(18(24)26-4)11(2)21-16(10)19(25)27-12(3)17(23)22-14-7-5-13(9-20)6-8-14/h5-8,12,21H,1-4H3,(H,22,23)/t12-/m0/s1. The minimum absolute atomic E-state index is 0.0888. The van der Waals surface area contributed by atoms with Gasteiger partial charge < -0.3 is 19.8 Å². The summed E-state index contributed by atoms with van der Waals surface area (Å²) in [5.41, 5.74) is 2.16. The van der Waals surface area contributed by atoms with E-state index in [9.17, 15) is 14.4 Å². The number of nitrogens with zero attached hydrogens (tertiary/aromatic N) is 1. The summed E-state index contributed by atoms with van der Waals surface area (Å²) in [6.45, 7) is 4.66. The molecule has 0 bridgehead atoms. The van der Waals surface area contributed by atoms with Crippen molar-refractivity contribution in [2.75, 3.05) is 12.4 Å². The van der Waals surface area contributed by atoms with E-state index in [1.165, 1.54) is 14.0 Å². The van der Waals surface area contributed by atoms with Crippen LogP contribution in [0.5, 0.6) is 0 Å². The summed E-state index contributed by atoms with van der Waals surface area (Å²) in [6, 6.07) is 8.25. The number of carbonyl (C=O) groups is 3. The number of aryl methyl sites for hydroxylation is 1. The van der Waals surface area contributed by atoms with Crippen molar-refractivity contribution in [1.82, 2.24) is 4.98 Å². The average Bonchev–Trinajstić information content (AvgIpc) is 2.96. The number of rotatable bonds is 5. The van der Waals surface area contributed by atoms with E-state index in [0.717, 1.165) is 0 Å². The lowest BCUT2D eigenvalue weighted by Crippen LogP contribution is -2.30. The first kappa shape index (κ1) is 19.7. The maximum absolute atomic E-state index is 12.4. The predicted molar refractivity (Wildman–Crippen MR) is 96.3 cm³/mol. The molecule has 0 aliphatic heterocycles. The van der Waals surface area contributed by atoms with Gasteiger partial charge in [0.2, 0.25) is 0 Å². The zero-order chi connectivity index (χ0) is 20.1. The number of hydrogen-bond acceptors (Lipinski definition) is 6. The van der Waals surface area contributed by atoms with Gasteiger partial charge in [-0.15, -0.1) is 0 Å². The van der Waals surface area contributed by atoms with Crippen LogP contribution in [0.2, 0.25) is 0 Å². The zero-order valence-corrected chi connectivity index (χ0v) is 15.4. The minimum atomic E-state index is -1.07. The first-order valence-corrected chi connectivity index (χ1v) is 8.08. The molecule has 1 heterocycles. The Kier molecular flexibility index (Phi) is 5.98. The van der Waals surface area contributed by atoms with Gasteiger partial charge >= 0.3 is 11.9 Å². The van der Waals surface area contributed by atoms with Crippen LogP contribution < -0.4 is 5.32 Å². The van der Waals surface area contributed by atoms with Gasteiger partial charge in [0, 0.05) is 11.4 Å². The van der Waals surface area contributed by atoms with E-state index in [0.29, 0.717) is 22.5 Å². The van der Waals surface area contributed by atoms with Crippen LogP contribution in [0.25, 0.3) is 0 Å². The molecule has 140 valence electrons. The van der Waals surface area contributed by atoms with Crippen LogP contribution in [0, 0.1) is 25.2 Å². The molecule has 2 aromatic rings. The number of amides is 1. The van der Waals surface area contributed by atoms with Crippen molar-refractivity contribution < 1.29 is 23.9 Å². The maximum Gasteiger partial charge on any atom is 0.355 e. The number of nitrogens with one attached hydrogen (secondary N) is 2. The summed E-state index contributed by atoms with van der Waals surface area (Å²) in [7, 11) is 1.25. The summed E-state index contributed by atoms with van der Waals surface area (Å²) < 4.78 is 9.89. The molecular formula is C19H19N3O5. The molecule has 0 saturated heterocycles. The molecule has 0 radical (unpaired) electrons. The molecule has 0 fully saturated rings. The van der Waals surface area contributed by atoms with Gasteiger partial charge in [-0.2, -0.15) is 5.26 Å². The Morgan fingerprint density at radius 3 is 2.33 bits per heavy atom. The second-order valence-electron chi connectivity index (χ2n) is 5.84. The smallest absolute Gasteiger partial charge is 0.355 e. The van der Waals surface area contributed by atoms with Gasteiger partial charge in [0.25, 0.3) is 5.91 Å². The lowest BCUT2D eigenvalue weighted by atomic mass is 10.1. The highest BCUT2D eigenvalue weighted by Crippen LogP contribution is 2.20. The van der Waals surface area contributed by atoms with Crippen LogP contribution in [0.4, 0.5) is 5.69 Å². The van der Waals surface area contributed by atoms with E-state index in [1.54, 1.807) is 38.1 Å². The number of ether oxygens (including phenoxy) is 2. The van der Waals surface area contributed by atoms with E-state index in [2.05, 4.69) is 10.3 Å². The zero-order valence-electron chi connectivity index (χ0n) is 15.4. The number of nitriles is 1. The van der Waals surface area contributed by atoms with Gasteiger partial charge in [0.05, 0.1) is 24.3 Å². The Bertz CT molecular complexity index is 922. The van der Waals surface area contributed by atoms with Crippen LogP contribution in [0.15, 0.2) is 24.3 Å². The highest BCUT2D eigenvalue weighted by molar-refractivity contribution is 6.00. The second-order valence-corrected chi connectivity index (χ2v) is 5.84. The van der Waals surface area contributed by atoms with Crippen molar-refractivity contribution in [2.45, 2.75) is 26.9 Å². The lowest BCUT2D eigenvalue weighted by Gasteiger charge is -2.13. The van der Waals surface area contributed by atoms with E-state index in [-0.39, 0.29) is 11.3 Å². The van der Waals surface area contributed by atoms with Gasteiger partial charge in [0.15, 0.2) is 6.10 Å². The Balaban J connectivity index is 2.07. The number of benzene rings is 1. The molecule has 8 heteroatoms. The molecule has 1 aromatic heterocycles. The van der Waals surface area contributed by atoms with Crippen molar-refractivity contribution in [3.05, 3.63) is 52.3 Å². The number of aromatic amines is 1. The van der Waals surface area contributed by atoms with Crippen molar-refractivity contribution in [2.24, 2.45) is 0 Å². The maximum atomic E-state index is 12.4. The third-order valence-corrected chi connectivity index (χ3v) is 3.97. The summed E-state index contributed by atoms with van der Waals surface area (Å²) in [5, 5.41) is 11.4. The van der Waals surface area contributed by atoms with E-state index >= 15 is 0 Å². The fourth-order valence-corrected chi connectivity index (χ4v) is 2.51. The van der Waals surface area contributed by atoms with Crippen molar-refractivity contribution in [3.8, 4) is 6.07 Å². The number of anilines is 1. The van der Waals surface area contributed by atoms with Gasteiger partial charge in [-0.25, -0.2) is 9.59 Å². The first-order valence-electron chi connectivity index (χ1n) is 8.08. The van der Waals surface area contributed by atoms with Gasteiger partial charge in [-0.05, 0) is 50.6 Å². The minimum Gasteiger partial charge on any atom is -0.465 e. The van der Waals surface area contributed by atoms with Crippen LogP contribution in [-0.2, 0) is 14.3 Å². The molecule has 27 heavy (non-hydrogen) atoms. The summed E-state index contributed by atoms with van der Waals surface area (Å²) in [5.74, 6) is -1.85. The van der Waals surface area contributed by atoms with E-state index in [4.69, 9.17) is 14.7 Å².